The van der Waals surface area contributed by atoms with E-state index in [-0.39, 0.29) is 19.5 Å². The Hall–Kier alpha value is -1.67. The Balaban J connectivity index is 0.000000301. The Kier molecular flexibility index (Phi) is 14.1. The Morgan fingerprint density at radius 3 is 1.16 bits per heavy atom. The third-order valence-corrected chi connectivity index (χ3v) is 7.36. The molecule has 0 fully saturated rings. The fourth-order valence-electron chi connectivity index (χ4n) is 4.22. The zero-order chi connectivity index (χ0) is 26.7. The topological polar surface area (TPSA) is 92.2 Å². The molecule has 0 atom stereocenters. The van der Waals surface area contributed by atoms with E-state index in [1.807, 2.05) is 23.5 Å². The third kappa shape index (κ3) is 9.82. The van der Waals surface area contributed by atoms with Gasteiger partial charge in [0.05, 0.1) is 0 Å². The summed E-state index contributed by atoms with van der Waals surface area (Å²) in [7, 11) is -4.94. The van der Waals surface area contributed by atoms with Crippen LogP contribution >= 0.6 is 23.5 Å². The van der Waals surface area contributed by atoms with Crippen molar-refractivity contribution in [3.8, 4) is 11.1 Å². The van der Waals surface area contributed by atoms with Gasteiger partial charge < -0.3 is 0 Å². The van der Waals surface area contributed by atoms with Crippen molar-refractivity contribution in [2.45, 2.75) is 35.5 Å². The van der Waals surface area contributed by atoms with E-state index < -0.39 is 10.2 Å². The smallest absolute Gasteiger partial charge is 0.0155 e. The fourth-order valence-corrected chi connectivity index (χ4v) is 5.46. The molecule has 203 valence electrons. The van der Waals surface area contributed by atoms with Gasteiger partial charge in [-0.2, -0.15) is 0 Å². The van der Waals surface area contributed by atoms with Crippen molar-refractivity contribution < 1.29 is 48.4 Å². The van der Waals surface area contributed by atoms with E-state index in [9.17, 15) is 0 Å². The van der Waals surface area contributed by atoms with Gasteiger partial charge in [0.1, 0.15) is 0 Å². The maximum absolute atomic E-state index is 8.49. The number of hydrogen-bond acceptors (Lipinski definition) is 6. The molecule has 1 aliphatic carbocycles. The number of thioether (sulfide) groups is 2. The molecule has 0 aromatic heterocycles. The average molecular weight is 657 g/mol. The van der Waals surface area contributed by atoms with Crippen LogP contribution in [0.5, 0.6) is 0 Å². The first-order valence-electron chi connectivity index (χ1n) is 11.9. The number of benzene rings is 4. The molecule has 1 radical (unpaired) electrons. The maximum atomic E-state index is 8.49. The van der Waals surface area contributed by atoms with E-state index in [1.165, 1.54) is 68.1 Å². The Morgan fingerprint density at radius 2 is 0.842 bits per heavy atom. The fraction of sp³-hybridized carbons (Fsp3) is 0.200. The van der Waals surface area contributed by atoms with Crippen LogP contribution in [0.2, 0.25) is 0 Å². The van der Waals surface area contributed by atoms with Crippen LogP contribution in [0.25, 0.3) is 32.7 Å². The predicted molar refractivity (Wildman–Crippen MR) is 147 cm³/mol. The number of rotatable bonds is 3. The summed E-state index contributed by atoms with van der Waals surface area (Å²) in [6.45, 7) is 0. The second-order valence-electron chi connectivity index (χ2n) is 8.20. The van der Waals surface area contributed by atoms with Crippen LogP contribution in [0.4, 0.5) is 0 Å². The average Bonchev–Trinajstić information content (AvgIpc) is 2.86. The molecule has 0 N–H and O–H groups in total. The Morgan fingerprint density at radius 1 is 0.526 bits per heavy atom. The van der Waals surface area contributed by atoms with Gasteiger partial charge in [0.2, 0.25) is 0 Å². The summed E-state index contributed by atoms with van der Waals surface area (Å²) in [6, 6.07) is 26.4. The molecule has 0 heterocycles. The van der Waals surface area contributed by atoms with Crippen LogP contribution in [-0.2, 0) is 19.5 Å². The summed E-state index contributed by atoms with van der Waals surface area (Å²) in [4.78, 5) is 2.67. The normalized spacial score (nSPS) is 14.6. The summed E-state index contributed by atoms with van der Waals surface area (Å²) in [6.07, 6.45) is 18.3. The quantitative estimate of drug-likeness (QED) is 0.175. The molecule has 0 bridgehead atoms. The molecule has 4 aromatic rings. The number of halogens is 1. The monoisotopic (exact) mass is 656 g/mol. The van der Waals surface area contributed by atoms with Gasteiger partial charge >= 0.3 is 0 Å². The molecule has 0 saturated carbocycles. The molecule has 5 rings (SSSR count). The molecule has 1 aliphatic rings. The summed E-state index contributed by atoms with van der Waals surface area (Å²) in [5, 5.41) is 5.25. The second-order valence-corrected chi connectivity index (χ2v) is 10.7. The summed E-state index contributed by atoms with van der Waals surface area (Å²) in [5.74, 6) is 0. The van der Waals surface area contributed by atoms with Crippen molar-refractivity contribution in [2.24, 2.45) is 0 Å². The maximum Gasteiger partial charge on any atom is 0.0155 e. The first kappa shape index (κ1) is 32.5. The van der Waals surface area contributed by atoms with Gasteiger partial charge in [0, 0.05) is 40.4 Å². The standard InChI is InChI=1S/C22H18S2.C8H12.ClHO4.Rh/c1-23-19-13-11-15-7-3-5-9-17(15)21(19)22-18-10-6-4-8-16(18)12-14-20(22)24-2;1-2-4-6-8-7-5-3-1;2-1(3,4)5;/h3-14H,1-2H3;1-2,7-8H,3-6H2;(H,2,3,4,5);/p-1/b;2-1-,8-7-;;. The van der Waals surface area contributed by atoms with Gasteiger partial charge in [-0.1, -0.05) is 85.0 Å². The minimum absolute atomic E-state index is 0. The zero-order valence-electron chi connectivity index (χ0n) is 21.2. The number of allylic oxidation sites excluding steroid dienone is 4. The SMILES string of the molecule is C1=C\CC/C=C\CC/1.CSc1ccc2ccccc2c1-c1c(SC)ccc2ccccc12.[O-][Cl+3]([O-])([O-])[O-].[Rh]. The van der Waals surface area contributed by atoms with E-state index in [2.05, 4.69) is 110 Å². The molecule has 0 unspecified atom stereocenters. The van der Waals surface area contributed by atoms with Crippen LogP contribution in [0, 0.1) is 10.2 Å². The molecule has 38 heavy (non-hydrogen) atoms. The molecular formula is C30H30ClO4RhS2-. The molecule has 4 aromatic carbocycles. The first-order chi connectivity index (χ1) is 17.8. The van der Waals surface area contributed by atoms with E-state index in [0.717, 1.165) is 0 Å². The van der Waals surface area contributed by atoms with Crippen LogP contribution < -0.4 is 18.6 Å². The predicted octanol–water partition coefficient (Wildman–Crippen LogP) is 5.02. The first-order valence-corrected chi connectivity index (χ1v) is 15.6. The van der Waals surface area contributed by atoms with Crippen molar-refractivity contribution in [1.29, 1.82) is 0 Å². The second kappa shape index (κ2) is 16.4. The van der Waals surface area contributed by atoms with Gasteiger partial charge in [-0.25, -0.2) is 18.6 Å². The minimum atomic E-state index is -4.94. The molecular weight excluding hydrogens is 627 g/mol. The Bertz CT molecular complexity index is 1250. The van der Waals surface area contributed by atoms with Crippen molar-refractivity contribution in [3.63, 3.8) is 0 Å². The molecule has 4 nitrogen and oxygen atoms in total. The molecule has 0 aliphatic heterocycles. The minimum Gasteiger partial charge on any atom is -0.222 e. The van der Waals surface area contributed by atoms with Crippen molar-refractivity contribution >= 4 is 45.1 Å². The van der Waals surface area contributed by atoms with Crippen molar-refractivity contribution in [3.05, 3.63) is 97.1 Å². The third-order valence-electron chi connectivity index (χ3n) is 5.80. The van der Waals surface area contributed by atoms with Crippen LogP contribution in [0.1, 0.15) is 25.7 Å². The molecule has 0 amide bonds. The molecule has 0 spiro atoms. The van der Waals surface area contributed by atoms with Crippen molar-refractivity contribution in [1.82, 2.24) is 0 Å². The summed E-state index contributed by atoms with van der Waals surface area (Å²) >= 11 is 3.65. The number of fused-ring (bicyclic) bond motifs is 2. The van der Waals surface area contributed by atoms with Crippen LogP contribution in [-0.4, -0.2) is 12.5 Å². The van der Waals surface area contributed by atoms with Gasteiger partial charge in [0.25, 0.3) is 0 Å². The zero-order valence-corrected chi connectivity index (χ0v) is 25.3. The van der Waals surface area contributed by atoms with E-state index >= 15 is 0 Å². The van der Waals surface area contributed by atoms with Crippen LogP contribution in [0.3, 0.4) is 0 Å². The van der Waals surface area contributed by atoms with Crippen molar-refractivity contribution in [2.75, 3.05) is 12.5 Å². The largest absolute Gasteiger partial charge is 0.222 e. The Labute approximate surface area is 248 Å². The van der Waals surface area contributed by atoms with Gasteiger partial charge in [0.15, 0.2) is 0 Å². The van der Waals surface area contributed by atoms with Gasteiger partial charge in [-0.3, -0.25) is 0 Å². The summed E-state index contributed by atoms with van der Waals surface area (Å²) < 4.78 is 34.0. The molecule has 0 saturated heterocycles. The van der Waals surface area contributed by atoms with Gasteiger partial charge in [-0.05, 0) is 71.9 Å². The summed E-state index contributed by atoms with van der Waals surface area (Å²) in [5.41, 5.74) is 2.73. The van der Waals surface area contributed by atoms with Gasteiger partial charge in [-0.15, -0.1) is 33.8 Å². The molecule has 8 heteroatoms. The van der Waals surface area contributed by atoms with E-state index in [1.54, 1.807) is 0 Å². The van der Waals surface area contributed by atoms with E-state index in [0.29, 0.717) is 0 Å². The number of hydrogen-bond donors (Lipinski definition) is 0. The van der Waals surface area contributed by atoms with E-state index in [4.69, 9.17) is 18.6 Å². The van der Waals surface area contributed by atoms with Crippen LogP contribution in [0.15, 0.2) is 107 Å².